The maximum atomic E-state index is 13.7. The summed E-state index contributed by atoms with van der Waals surface area (Å²) < 4.78 is 24.9. The molecule has 0 radical (unpaired) electrons. The second-order valence-corrected chi connectivity index (χ2v) is 10.0. The van der Waals surface area contributed by atoms with Crippen LogP contribution in [0.1, 0.15) is 43.0 Å². The molecule has 198 valence electrons. The highest BCUT2D eigenvalue weighted by molar-refractivity contribution is 6.46. The number of carbonyl (C=O) groups is 2. The molecule has 2 aromatic carbocycles. The number of ketones is 1. The monoisotopic (exact) mass is 510 g/mol. The van der Waals surface area contributed by atoms with Gasteiger partial charge in [-0.25, -0.2) is 4.39 Å². The molecule has 4 rings (SSSR count). The number of carbonyl (C=O) groups excluding carboxylic acids is 2. The molecule has 2 aliphatic rings. The Hall–Kier alpha value is -3.23. The third-order valence-corrected chi connectivity index (χ3v) is 6.72. The number of hydrogen-bond acceptors (Lipinski definition) is 6. The van der Waals surface area contributed by atoms with Crippen molar-refractivity contribution >= 4 is 17.4 Å². The first-order valence-corrected chi connectivity index (χ1v) is 12.8. The Labute approximate surface area is 217 Å². The molecule has 2 aromatic rings. The van der Waals surface area contributed by atoms with Gasteiger partial charge in [-0.05, 0) is 60.7 Å². The normalized spacial score (nSPS) is 20.1. The number of aliphatic hydroxyl groups excluding tert-OH is 1. The average Bonchev–Trinajstić information content (AvgIpc) is 3.13. The van der Waals surface area contributed by atoms with Crippen molar-refractivity contribution in [3.05, 3.63) is 70.5 Å². The lowest BCUT2D eigenvalue weighted by atomic mass is 9.94. The molecule has 1 amide bonds. The summed E-state index contributed by atoms with van der Waals surface area (Å²) in [5, 5.41) is 11.3. The number of nitrogens with zero attached hydrogens (tertiary/aromatic N) is 2. The number of aliphatic hydroxyl groups is 1. The lowest BCUT2D eigenvalue weighted by Gasteiger charge is -2.29. The van der Waals surface area contributed by atoms with Gasteiger partial charge in [0.2, 0.25) is 0 Å². The Bertz CT molecular complexity index is 1160. The van der Waals surface area contributed by atoms with E-state index in [1.165, 1.54) is 17.0 Å². The Morgan fingerprint density at radius 3 is 2.46 bits per heavy atom. The first-order valence-electron chi connectivity index (χ1n) is 12.8. The number of morpholine rings is 1. The summed E-state index contributed by atoms with van der Waals surface area (Å²) in [5.74, 6) is -1.00. The van der Waals surface area contributed by atoms with Crippen LogP contribution in [-0.2, 0) is 14.3 Å². The molecular formula is C29H35FN2O5. The molecule has 1 N–H and O–H groups in total. The van der Waals surface area contributed by atoms with E-state index in [4.69, 9.17) is 9.47 Å². The second-order valence-electron chi connectivity index (χ2n) is 10.0. The van der Waals surface area contributed by atoms with E-state index in [-0.39, 0.29) is 11.3 Å². The van der Waals surface area contributed by atoms with Gasteiger partial charge < -0.3 is 19.5 Å². The molecule has 2 saturated heterocycles. The number of benzene rings is 2. The van der Waals surface area contributed by atoms with Crippen LogP contribution in [0.4, 0.5) is 4.39 Å². The van der Waals surface area contributed by atoms with Crippen LogP contribution in [0.5, 0.6) is 5.75 Å². The quantitative estimate of drug-likeness (QED) is 0.308. The molecular weight excluding hydrogens is 475 g/mol. The van der Waals surface area contributed by atoms with E-state index < -0.39 is 23.5 Å². The zero-order chi connectivity index (χ0) is 26.5. The number of ether oxygens (including phenoxy) is 2. The molecule has 2 fully saturated rings. The summed E-state index contributed by atoms with van der Waals surface area (Å²) in [6, 6.07) is 10.1. The van der Waals surface area contributed by atoms with Crippen LogP contribution >= 0.6 is 0 Å². The minimum atomic E-state index is -0.803. The molecule has 0 bridgehead atoms. The zero-order valence-corrected chi connectivity index (χ0v) is 21.7. The number of hydrogen-bond donors (Lipinski definition) is 1. The second kappa shape index (κ2) is 11.9. The number of halogens is 1. The fourth-order valence-electron chi connectivity index (χ4n) is 4.76. The average molecular weight is 511 g/mol. The number of amides is 1. The van der Waals surface area contributed by atoms with Crippen molar-refractivity contribution in [3.8, 4) is 5.75 Å². The molecule has 0 spiro atoms. The third-order valence-electron chi connectivity index (χ3n) is 6.72. The molecule has 37 heavy (non-hydrogen) atoms. The van der Waals surface area contributed by atoms with E-state index in [2.05, 4.69) is 18.7 Å². The van der Waals surface area contributed by atoms with Gasteiger partial charge in [0, 0.05) is 31.7 Å². The standard InChI is InChI=1S/C29H35FN2O5/c1-19(2)18-37-24-10-7-22(17-20(24)3)27(33)25-26(21-5-8-23(30)9-6-21)32(29(35)28(25)34)12-4-11-31-13-15-36-16-14-31/h5-10,17,19,26,33H,4,11-16,18H2,1-3H3/t26-/m1/s1. The predicted molar refractivity (Wildman–Crippen MR) is 139 cm³/mol. The van der Waals surface area contributed by atoms with Gasteiger partial charge in [0.05, 0.1) is 31.4 Å². The highest BCUT2D eigenvalue weighted by Gasteiger charge is 2.45. The topological polar surface area (TPSA) is 79.3 Å². The van der Waals surface area contributed by atoms with Gasteiger partial charge >= 0.3 is 0 Å². The van der Waals surface area contributed by atoms with Crippen LogP contribution in [0.3, 0.4) is 0 Å². The summed E-state index contributed by atoms with van der Waals surface area (Å²) in [6.45, 7) is 10.7. The molecule has 0 unspecified atom stereocenters. The minimum absolute atomic E-state index is 0.0122. The molecule has 8 heteroatoms. The Morgan fingerprint density at radius 2 is 1.81 bits per heavy atom. The van der Waals surface area contributed by atoms with Crippen LogP contribution < -0.4 is 4.74 Å². The number of aryl methyl sites for hydroxylation is 1. The van der Waals surface area contributed by atoms with E-state index in [1.807, 2.05) is 6.92 Å². The van der Waals surface area contributed by atoms with Crippen molar-refractivity contribution in [3.63, 3.8) is 0 Å². The maximum Gasteiger partial charge on any atom is 0.295 e. The summed E-state index contributed by atoms with van der Waals surface area (Å²) in [6.07, 6.45) is 0.658. The van der Waals surface area contributed by atoms with Gasteiger partial charge in [-0.15, -0.1) is 0 Å². The lowest BCUT2D eigenvalue weighted by molar-refractivity contribution is -0.140. The Morgan fingerprint density at radius 1 is 1.11 bits per heavy atom. The molecule has 0 saturated carbocycles. The Balaban J connectivity index is 1.65. The lowest BCUT2D eigenvalue weighted by Crippen LogP contribution is -2.38. The number of likely N-dealkylation sites (tertiary alicyclic amines) is 1. The fourth-order valence-corrected chi connectivity index (χ4v) is 4.76. The van der Waals surface area contributed by atoms with Gasteiger partial charge in [-0.2, -0.15) is 0 Å². The minimum Gasteiger partial charge on any atom is -0.507 e. The summed E-state index contributed by atoms with van der Waals surface area (Å²) in [4.78, 5) is 30.2. The highest BCUT2D eigenvalue weighted by atomic mass is 19.1. The zero-order valence-electron chi connectivity index (χ0n) is 21.7. The van der Waals surface area contributed by atoms with Crippen LogP contribution in [-0.4, -0.2) is 72.6 Å². The van der Waals surface area contributed by atoms with Gasteiger partial charge in [0.1, 0.15) is 17.3 Å². The summed E-state index contributed by atoms with van der Waals surface area (Å²) in [5.41, 5.74) is 1.82. The number of Topliss-reactive ketones (excluding diaryl/α,β-unsaturated/α-hetero) is 1. The summed E-state index contributed by atoms with van der Waals surface area (Å²) in [7, 11) is 0. The predicted octanol–water partition coefficient (Wildman–Crippen LogP) is 4.31. The van der Waals surface area contributed by atoms with E-state index in [9.17, 15) is 19.1 Å². The molecule has 7 nitrogen and oxygen atoms in total. The van der Waals surface area contributed by atoms with Crippen molar-refractivity contribution in [1.29, 1.82) is 0 Å². The fraction of sp³-hybridized carbons (Fsp3) is 0.448. The molecule has 2 aliphatic heterocycles. The molecule has 0 aliphatic carbocycles. The van der Waals surface area contributed by atoms with E-state index >= 15 is 0 Å². The van der Waals surface area contributed by atoms with Gasteiger partial charge in [-0.3, -0.25) is 14.5 Å². The molecule has 0 aromatic heterocycles. The van der Waals surface area contributed by atoms with E-state index in [0.717, 1.165) is 25.2 Å². The molecule has 2 heterocycles. The first kappa shape index (κ1) is 26.8. The highest BCUT2D eigenvalue weighted by Crippen LogP contribution is 2.40. The van der Waals surface area contributed by atoms with Gasteiger partial charge in [0.25, 0.3) is 11.7 Å². The van der Waals surface area contributed by atoms with Crippen molar-refractivity contribution < 1.29 is 28.6 Å². The smallest absolute Gasteiger partial charge is 0.295 e. The largest absolute Gasteiger partial charge is 0.507 e. The Kier molecular flexibility index (Phi) is 8.61. The summed E-state index contributed by atoms with van der Waals surface area (Å²) >= 11 is 0. The van der Waals surface area contributed by atoms with Crippen molar-refractivity contribution in [2.24, 2.45) is 5.92 Å². The maximum absolute atomic E-state index is 13.7. The van der Waals surface area contributed by atoms with E-state index in [0.29, 0.717) is 55.6 Å². The SMILES string of the molecule is Cc1cc(C(O)=C2C(=O)C(=O)N(CCCN3CCOCC3)[C@@H]2c2ccc(F)cc2)ccc1OCC(C)C. The van der Waals surface area contributed by atoms with E-state index in [1.54, 1.807) is 30.3 Å². The van der Waals surface area contributed by atoms with Crippen molar-refractivity contribution in [2.75, 3.05) is 46.0 Å². The molecule has 1 atom stereocenters. The third kappa shape index (κ3) is 6.19. The van der Waals surface area contributed by atoms with Crippen LogP contribution in [0.15, 0.2) is 48.0 Å². The van der Waals surface area contributed by atoms with Crippen molar-refractivity contribution in [1.82, 2.24) is 9.80 Å². The number of rotatable bonds is 9. The van der Waals surface area contributed by atoms with Crippen LogP contribution in [0.2, 0.25) is 0 Å². The van der Waals surface area contributed by atoms with Crippen molar-refractivity contribution in [2.45, 2.75) is 33.2 Å². The first-order chi connectivity index (χ1) is 17.8. The van der Waals surface area contributed by atoms with Gasteiger partial charge in [0.15, 0.2) is 0 Å². The van der Waals surface area contributed by atoms with Gasteiger partial charge in [-0.1, -0.05) is 26.0 Å². The van der Waals surface area contributed by atoms with Crippen LogP contribution in [0.25, 0.3) is 5.76 Å². The van der Waals surface area contributed by atoms with Crippen LogP contribution in [0, 0.1) is 18.7 Å².